The van der Waals surface area contributed by atoms with Crippen molar-refractivity contribution in [3.63, 3.8) is 0 Å². The Bertz CT molecular complexity index is 372. The summed E-state index contributed by atoms with van der Waals surface area (Å²) in [4.78, 5) is 0.152. The van der Waals surface area contributed by atoms with E-state index in [9.17, 15) is 8.42 Å². The molecule has 1 aromatic rings. The summed E-state index contributed by atoms with van der Waals surface area (Å²) in [5.74, 6) is 0. The van der Waals surface area contributed by atoms with E-state index in [4.69, 9.17) is 0 Å². The van der Waals surface area contributed by atoms with Crippen LogP contribution in [0.15, 0.2) is 29.2 Å². The van der Waals surface area contributed by atoms with E-state index in [1.165, 1.54) is 12.1 Å². The maximum Gasteiger partial charge on any atom is 0.307 e. The molecule has 0 aliphatic rings. The summed E-state index contributed by atoms with van der Waals surface area (Å²) in [5.41, 5.74) is 0.876. The fraction of sp³-hybridized carbons (Fsp3) is 0.143. The van der Waals surface area contributed by atoms with Gasteiger partial charge in [0.2, 0.25) is 0 Å². The van der Waals surface area contributed by atoms with Crippen molar-refractivity contribution in [1.82, 2.24) is 0 Å². The Kier molecular flexibility index (Phi) is 2.87. The van der Waals surface area contributed by atoms with Crippen LogP contribution in [0, 0.1) is 6.92 Å². The molecule has 0 saturated carbocycles. The van der Waals surface area contributed by atoms with Gasteiger partial charge in [-0.15, -0.1) is 0 Å². The van der Waals surface area contributed by atoms with E-state index >= 15 is 0 Å². The average Bonchev–Trinajstić information content (AvgIpc) is 2.05. The first-order valence-corrected chi connectivity index (χ1v) is 5.24. The SMILES string of the molecule is Cc1cccc(S(=O)(=O)OBr)c1. The topological polar surface area (TPSA) is 43.4 Å². The highest BCUT2D eigenvalue weighted by molar-refractivity contribution is 9.06. The molecule has 0 bridgehead atoms. The van der Waals surface area contributed by atoms with E-state index in [1.807, 2.05) is 13.0 Å². The molecule has 0 heterocycles. The van der Waals surface area contributed by atoms with Gasteiger partial charge in [-0.05, 0) is 24.6 Å². The molecule has 3 nitrogen and oxygen atoms in total. The molecule has 0 spiro atoms. The van der Waals surface area contributed by atoms with Crippen LogP contribution in [0.3, 0.4) is 0 Å². The molecule has 0 radical (unpaired) electrons. The van der Waals surface area contributed by atoms with E-state index in [2.05, 4.69) is 19.5 Å². The summed E-state index contributed by atoms with van der Waals surface area (Å²) < 4.78 is 26.3. The Morgan fingerprint density at radius 3 is 2.58 bits per heavy atom. The van der Waals surface area contributed by atoms with Crippen LogP contribution in [0.2, 0.25) is 0 Å². The van der Waals surface area contributed by atoms with Crippen LogP contribution in [0.1, 0.15) is 5.56 Å². The zero-order chi connectivity index (χ0) is 9.19. The molecule has 5 heteroatoms. The van der Waals surface area contributed by atoms with E-state index in [-0.39, 0.29) is 4.90 Å². The largest absolute Gasteiger partial charge is 0.307 e. The Hall–Kier alpha value is -0.390. The third-order valence-corrected chi connectivity index (χ3v) is 3.40. The van der Waals surface area contributed by atoms with Gasteiger partial charge in [0.05, 0.1) is 4.90 Å². The molecule has 0 amide bonds. The van der Waals surface area contributed by atoms with Crippen molar-refractivity contribution in [1.29, 1.82) is 0 Å². The number of benzene rings is 1. The van der Waals surface area contributed by atoms with Gasteiger partial charge in [-0.2, -0.15) is 11.7 Å². The Morgan fingerprint density at radius 2 is 2.08 bits per heavy atom. The van der Waals surface area contributed by atoms with Crippen molar-refractivity contribution in [3.8, 4) is 0 Å². The molecule has 0 fully saturated rings. The van der Waals surface area contributed by atoms with Crippen molar-refractivity contribution in [3.05, 3.63) is 29.8 Å². The molecule has 1 aromatic carbocycles. The first kappa shape index (κ1) is 9.70. The number of hydrogen-bond donors (Lipinski definition) is 0. The van der Waals surface area contributed by atoms with Crippen LogP contribution in [-0.2, 0) is 13.4 Å². The molecule has 0 saturated heterocycles. The van der Waals surface area contributed by atoms with Crippen molar-refractivity contribution in [2.24, 2.45) is 0 Å². The first-order valence-electron chi connectivity index (χ1n) is 3.18. The van der Waals surface area contributed by atoms with Gasteiger partial charge in [-0.1, -0.05) is 12.1 Å². The number of halogens is 1. The second-order valence-electron chi connectivity index (χ2n) is 2.33. The van der Waals surface area contributed by atoms with Gasteiger partial charge >= 0.3 is 10.1 Å². The maximum absolute atomic E-state index is 11.1. The minimum atomic E-state index is -3.60. The minimum absolute atomic E-state index is 0.152. The lowest BCUT2D eigenvalue weighted by Crippen LogP contribution is -1.99. The van der Waals surface area contributed by atoms with Crippen LogP contribution in [0.25, 0.3) is 0 Å². The third kappa shape index (κ3) is 2.06. The second-order valence-corrected chi connectivity index (χ2v) is 4.63. The Morgan fingerprint density at radius 1 is 1.42 bits per heavy atom. The zero-order valence-electron chi connectivity index (χ0n) is 6.32. The lowest BCUT2D eigenvalue weighted by atomic mass is 10.2. The van der Waals surface area contributed by atoms with Crippen molar-refractivity contribution >= 4 is 26.4 Å². The molecule has 0 aliphatic heterocycles. The van der Waals surface area contributed by atoms with Crippen LogP contribution >= 0.6 is 16.3 Å². The zero-order valence-corrected chi connectivity index (χ0v) is 8.72. The van der Waals surface area contributed by atoms with Crippen molar-refractivity contribution < 1.29 is 11.7 Å². The highest BCUT2D eigenvalue weighted by atomic mass is 79.9. The number of aryl methyl sites for hydroxylation is 1. The van der Waals surface area contributed by atoms with Crippen molar-refractivity contribution in [2.75, 3.05) is 0 Å². The maximum atomic E-state index is 11.1. The van der Waals surface area contributed by atoms with E-state index in [0.29, 0.717) is 0 Å². The Labute approximate surface area is 79.9 Å². The lowest BCUT2D eigenvalue weighted by molar-refractivity contribution is 0.527. The lowest BCUT2D eigenvalue weighted by Gasteiger charge is -1.99. The van der Waals surface area contributed by atoms with Gasteiger partial charge in [0, 0.05) is 0 Å². The van der Waals surface area contributed by atoms with Gasteiger partial charge in [-0.3, -0.25) is 0 Å². The van der Waals surface area contributed by atoms with Gasteiger partial charge < -0.3 is 0 Å². The van der Waals surface area contributed by atoms with E-state index in [0.717, 1.165) is 5.56 Å². The van der Waals surface area contributed by atoms with Crippen LogP contribution in [0.5, 0.6) is 0 Å². The Balaban J connectivity index is 3.21. The summed E-state index contributed by atoms with van der Waals surface area (Å²) >= 11 is 2.44. The monoisotopic (exact) mass is 250 g/mol. The molecule has 0 aromatic heterocycles. The van der Waals surface area contributed by atoms with Gasteiger partial charge in [0.15, 0.2) is 0 Å². The molecule has 0 N–H and O–H groups in total. The highest BCUT2D eigenvalue weighted by Crippen LogP contribution is 2.15. The van der Waals surface area contributed by atoms with E-state index < -0.39 is 10.1 Å². The standard InChI is InChI=1S/C7H7BrO3S/c1-6-3-2-4-7(5-6)12(9,10)11-8/h2-5H,1H3. The molecule has 0 atom stereocenters. The molecule has 66 valence electrons. The summed E-state index contributed by atoms with van der Waals surface area (Å²) in [7, 11) is -3.60. The minimum Gasteiger partial charge on any atom is -0.193 e. The second kappa shape index (κ2) is 3.55. The average molecular weight is 251 g/mol. The molecular weight excluding hydrogens is 244 g/mol. The van der Waals surface area contributed by atoms with Gasteiger partial charge in [0.1, 0.15) is 16.3 Å². The number of rotatable bonds is 2. The van der Waals surface area contributed by atoms with E-state index in [1.54, 1.807) is 6.07 Å². The molecule has 0 unspecified atom stereocenters. The fourth-order valence-electron chi connectivity index (χ4n) is 0.807. The predicted octanol–water partition coefficient (Wildman–Crippen LogP) is 2.01. The van der Waals surface area contributed by atoms with Crippen LogP contribution < -0.4 is 0 Å². The predicted molar refractivity (Wildman–Crippen MR) is 48.4 cm³/mol. The quantitative estimate of drug-likeness (QED) is 0.807. The first-order chi connectivity index (χ1) is 5.56. The summed E-state index contributed by atoms with van der Waals surface area (Å²) in [6.07, 6.45) is 0. The molecular formula is C7H7BrO3S. The van der Waals surface area contributed by atoms with Crippen molar-refractivity contribution in [2.45, 2.75) is 11.8 Å². The summed E-state index contributed by atoms with van der Waals surface area (Å²) in [6.45, 7) is 1.81. The summed E-state index contributed by atoms with van der Waals surface area (Å²) in [5, 5.41) is 0. The third-order valence-electron chi connectivity index (χ3n) is 1.36. The normalized spacial score (nSPS) is 11.5. The molecule has 0 aliphatic carbocycles. The molecule has 1 rings (SSSR count). The van der Waals surface area contributed by atoms with Crippen LogP contribution in [0.4, 0.5) is 0 Å². The van der Waals surface area contributed by atoms with Crippen LogP contribution in [-0.4, -0.2) is 8.42 Å². The summed E-state index contributed by atoms with van der Waals surface area (Å²) in [6, 6.07) is 6.49. The molecule has 12 heavy (non-hydrogen) atoms. The number of hydrogen-bond acceptors (Lipinski definition) is 3. The smallest absolute Gasteiger partial charge is 0.193 e. The van der Waals surface area contributed by atoms with Gasteiger partial charge in [0.25, 0.3) is 0 Å². The van der Waals surface area contributed by atoms with Gasteiger partial charge in [-0.25, -0.2) is 0 Å². The fourth-order valence-corrected chi connectivity index (χ4v) is 1.91. The highest BCUT2D eigenvalue weighted by Gasteiger charge is 2.12.